The number of oxime groups is 1. The zero-order chi connectivity index (χ0) is 8.27. The summed E-state index contributed by atoms with van der Waals surface area (Å²) in [6, 6.07) is 5.45. The van der Waals surface area contributed by atoms with Crippen molar-refractivity contribution in [3.8, 4) is 0 Å². The SMILES string of the molecule is Cc1cc(Cl)cc(/C=N\O)c1. The quantitative estimate of drug-likeness (QED) is 0.391. The lowest BCUT2D eigenvalue weighted by Gasteiger charge is -1.96. The van der Waals surface area contributed by atoms with Gasteiger partial charge >= 0.3 is 0 Å². The van der Waals surface area contributed by atoms with Crippen LogP contribution >= 0.6 is 11.6 Å². The summed E-state index contributed by atoms with van der Waals surface area (Å²) in [4.78, 5) is 0. The van der Waals surface area contributed by atoms with Crippen molar-refractivity contribution in [3.63, 3.8) is 0 Å². The first-order valence-corrected chi connectivity index (χ1v) is 3.55. The van der Waals surface area contributed by atoms with Crippen LogP contribution < -0.4 is 0 Å². The van der Waals surface area contributed by atoms with Crippen LogP contribution in [0.5, 0.6) is 0 Å². The third-order valence-electron chi connectivity index (χ3n) is 1.27. The van der Waals surface area contributed by atoms with Gasteiger partial charge in [-0.15, -0.1) is 0 Å². The number of hydrogen-bond acceptors (Lipinski definition) is 2. The smallest absolute Gasteiger partial charge is 0.0734 e. The fraction of sp³-hybridized carbons (Fsp3) is 0.125. The molecule has 0 saturated carbocycles. The molecule has 3 heteroatoms. The average molecular weight is 170 g/mol. The summed E-state index contributed by atoms with van der Waals surface area (Å²) in [6.07, 6.45) is 1.35. The highest BCUT2D eigenvalue weighted by atomic mass is 35.5. The van der Waals surface area contributed by atoms with E-state index in [9.17, 15) is 0 Å². The van der Waals surface area contributed by atoms with E-state index >= 15 is 0 Å². The molecule has 0 aromatic heterocycles. The van der Waals surface area contributed by atoms with E-state index in [0.29, 0.717) is 5.02 Å². The lowest BCUT2D eigenvalue weighted by Crippen LogP contribution is -1.82. The molecule has 11 heavy (non-hydrogen) atoms. The molecule has 1 aromatic carbocycles. The molecule has 0 bridgehead atoms. The van der Waals surface area contributed by atoms with Gasteiger partial charge in [0.25, 0.3) is 0 Å². The second kappa shape index (κ2) is 3.39. The fourth-order valence-corrected chi connectivity index (χ4v) is 1.20. The summed E-state index contributed by atoms with van der Waals surface area (Å²) >= 11 is 5.74. The van der Waals surface area contributed by atoms with Crippen LogP contribution in [0.25, 0.3) is 0 Å². The highest BCUT2D eigenvalue weighted by Gasteiger charge is 1.92. The summed E-state index contributed by atoms with van der Waals surface area (Å²) in [5.74, 6) is 0. The summed E-state index contributed by atoms with van der Waals surface area (Å²) in [5, 5.41) is 11.8. The highest BCUT2D eigenvalue weighted by Crippen LogP contribution is 2.12. The molecule has 0 spiro atoms. The number of benzene rings is 1. The zero-order valence-corrected chi connectivity index (χ0v) is 6.84. The highest BCUT2D eigenvalue weighted by molar-refractivity contribution is 6.30. The van der Waals surface area contributed by atoms with Crippen LogP contribution in [0.2, 0.25) is 5.02 Å². The van der Waals surface area contributed by atoms with Crippen molar-refractivity contribution in [1.29, 1.82) is 0 Å². The van der Waals surface area contributed by atoms with Crippen molar-refractivity contribution < 1.29 is 5.21 Å². The van der Waals surface area contributed by atoms with Gasteiger partial charge in [-0.2, -0.15) is 0 Å². The van der Waals surface area contributed by atoms with Gasteiger partial charge in [0.15, 0.2) is 0 Å². The molecular formula is C8H8ClNO. The Hall–Kier alpha value is -1.02. The van der Waals surface area contributed by atoms with Gasteiger partial charge in [-0.25, -0.2) is 0 Å². The molecule has 0 aliphatic rings. The second-order valence-corrected chi connectivity index (χ2v) is 2.74. The molecule has 2 nitrogen and oxygen atoms in total. The molecule has 1 rings (SSSR count). The van der Waals surface area contributed by atoms with Crippen LogP contribution in [-0.4, -0.2) is 11.4 Å². The molecule has 58 valence electrons. The average Bonchev–Trinajstić information content (AvgIpc) is 1.85. The second-order valence-electron chi connectivity index (χ2n) is 2.31. The molecule has 0 saturated heterocycles. The molecule has 1 N–H and O–H groups in total. The van der Waals surface area contributed by atoms with Gasteiger partial charge in [-0.3, -0.25) is 0 Å². The van der Waals surface area contributed by atoms with E-state index in [1.165, 1.54) is 6.21 Å². The molecule has 0 fully saturated rings. The normalized spacial score (nSPS) is 10.7. The van der Waals surface area contributed by atoms with E-state index in [1.54, 1.807) is 6.07 Å². The topological polar surface area (TPSA) is 32.6 Å². The van der Waals surface area contributed by atoms with Crippen LogP contribution in [0, 0.1) is 6.92 Å². The summed E-state index contributed by atoms with van der Waals surface area (Å²) in [5.41, 5.74) is 1.85. The Bertz CT molecular complexity index is 263. The Morgan fingerprint density at radius 3 is 2.73 bits per heavy atom. The maximum absolute atomic E-state index is 8.23. The Morgan fingerprint density at radius 1 is 1.45 bits per heavy atom. The van der Waals surface area contributed by atoms with Crippen molar-refractivity contribution in [2.75, 3.05) is 0 Å². The van der Waals surface area contributed by atoms with Gasteiger partial charge in [0.2, 0.25) is 0 Å². The Morgan fingerprint density at radius 2 is 2.18 bits per heavy atom. The van der Waals surface area contributed by atoms with Gasteiger partial charge in [-0.1, -0.05) is 22.8 Å². The molecule has 0 radical (unpaired) electrons. The molecule has 0 atom stereocenters. The van der Waals surface area contributed by atoms with Crippen LogP contribution in [0.15, 0.2) is 23.4 Å². The van der Waals surface area contributed by atoms with Crippen molar-refractivity contribution in [2.45, 2.75) is 6.92 Å². The van der Waals surface area contributed by atoms with Gasteiger partial charge in [0.05, 0.1) is 6.21 Å². The van der Waals surface area contributed by atoms with Gasteiger partial charge in [0, 0.05) is 5.02 Å². The minimum atomic E-state index is 0.653. The Labute approximate surface area is 70.1 Å². The minimum absolute atomic E-state index is 0.653. The van der Waals surface area contributed by atoms with E-state index in [0.717, 1.165) is 11.1 Å². The van der Waals surface area contributed by atoms with E-state index in [1.807, 2.05) is 19.1 Å². The maximum atomic E-state index is 8.23. The molecule has 0 amide bonds. The van der Waals surface area contributed by atoms with Crippen LogP contribution in [-0.2, 0) is 0 Å². The van der Waals surface area contributed by atoms with E-state index < -0.39 is 0 Å². The van der Waals surface area contributed by atoms with Crippen LogP contribution in [0.4, 0.5) is 0 Å². The number of nitrogens with zero attached hydrogens (tertiary/aromatic N) is 1. The van der Waals surface area contributed by atoms with Crippen LogP contribution in [0.3, 0.4) is 0 Å². The lowest BCUT2D eigenvalue weighted by molar-refractivity contribution is 0.322. The first kappa shape index (κ1) is 8.08. The number of halogens is 1. The Balaban J connectivity index is 3.08. The number of rotatable bonds is 1. The van der Waals surface area contributed by atoms with Crippen LogP contribution in [0.1, 0.15) is 11.1 Å². The number of hydrogen-bond donors (Lipinski definition) is 1. The predicted molar refractivity (Wildman–Crippen MR) is 45.6 cm³/mol. The molecule has 0 heterocycles. The monoisotopic (exact) mass is 169 g/mol. The first-order chi connectivity index (χ1) is 5.22. The van der Waals surface area contributed by atoms with E-state index in [4.69, 9.17) is 16.8 Å². The van der Waals surface area contributed by atoms with Gasteiger partial charge in [0.1, 0.15) is 0 Å². The zero-order valence-electron chi connectivity index (χ0n) is 6.08. The summed E-state index contributed by atoms with van der Waals surface area (Å²) < 4.78 is 0. The molecular weight excluding hydrogens is 162 g/mol. The summed E-state index contributed by atoms with van der Waals surface area (Å²) in [7, 11) is 0. The van der Waals surface area contributed by atoms with Crippen molar-refractivity contribution in [1.82, 2.24) is 0 Å². The standard InChI is InChI=1S/C8H8ClNO/c1-6-2-7(5-10-11)4-8(9)3-6/h2-5,11H,1H3/b10-5-. The largest absolute Gasteiger partial charge is 0.411 e. The molecule has 1 aromatic rings. The maximum Gasteiger partial charge on any atom is 0.0734 e. The Kier molecular flexibility index (Phi) is 2.49. The van der Waals surface area contributed by atoms with Crippen molar-refractivity contribution >= 4 is 17.8 Å². The molecule has 0 aliphatic heterocycles. The molecule has 0 aliphatic carbocycles. The third-order valence-corrected chi connectivity index (χ3v) is 1.49. The number of aryl methyl sites for hydroxylation is 1. The summed E-state index contributed by atoms with van der Waals surface area (Å²) in [6.45, 7) is 1.93. The lowest BCUT2D eigenvalue weighted by atomic mass is 10.1. The van der Waals surface area contributed by atoms with E-state index in [-0.39, 0.29) is 0 Å². The predicted octanol–water partition coefficient (Wildman–Crippen LogP) is 2.46. The van der Waals surface area contributed by atoms with Gasteiger partial charge in [-0.05, 0) is 30.2 Å². The van der Waals surface area contributed by atoms with Crippen molar-refractivity contribution in [3.05, 3.63) is 34.3 Å². The van der Waals surface area contributed by atoms with Crippen molar-refractivity contribution in [2.24, 2.45) is 5.16 Å². The van der Waals surface area contributed by atoms with Gasteiger partial charge < -0.3 is 5.21 Å². The first-order valence-electron chi connectivity index (χ1n) is 3.17. The fourth-order valence-electron chi connectivity index (χ4n) is 0.906. The third kappa shape index (κ3) is 2.24. The molecule has 0 unspecified atom stereocenters. The minimum Gasteiger partial charge on any atom is -0.411 e. The van der Waals surface area contributed by atoms with E-state index in [2.05, 4.69) is 5.16 Å².